The van der Waals surface area contributed by atoms with Crippen molar-refractivity contribution in [3.05, 3.63) is 108 Å². The molecule has 0 aromatic heterocycles. The van der Waals surface area contributed by atoms with Crippen LogP contribution in [0.1, 0.15) is 45.9 Å². The van der Waals surface area contributed by atoms with Gasteiger partial charge in [0, 0.05) is 0 Å². The van der Waals surface area contributed by atoms with E-state index in [1.807, 2.05) is 78.9 Å². The maximum Gasteiger partial charge on any atom is 0.164 e. The van der Waals surface area contributed by atoms with E-state index in [0.717, 1.165) is 11.1 Å². The van der Waals surface area contributed by atoms with Crippen molar-refractivity contribution in [1.29, 1.82) is 0 Å². The first-order valence-electron chi connectivity index (χ1n) is 9.04. The molecule has 1 saturated heterocycles. The fourth-order valence-electron chi connectivity index (χ4n) is 4.06. The molecule has 0 N–H and O–H groups in total. The first-order valence-corrected chi connectivity index (χ1v) is 10.6. The van der Waals surface area contributed by atoms with Crippen LogP contribution in [-0.2, 0) is 9.84 Å². The van der Waals surface area contributed by atoms with E-state index >= 15 is 0 Å². The second-order valence-corrected chi connectivity index (χ2v) is 9.28. The highest BCUT2D eigenvalue weighted by Crippen LogP contribution is 2.50. The van der Waals surface area contributed by atoms with E-state index in [9.17, 15) is 8.42 Å². The molecule has 132 valence electrons. The summed E-state index contributed by atoms with van der Waals surface area (Å²) in [5.41, 5.74) is 3.02. The molecule has 1 aliphatic rings. The molecule has 2 atom stereocenters. The summed E-state index contributed by atoms with van der Waals surface area (Å²) in [5, 5.41) is -0.930. The predicted octanol–water partition coefficient (Wildman–Crippen LogP) is 5.46. The van der Waals surface area contributed by atoms with Gasteiger partial charge in [-0.1, -0.05) is 91.0 Å². The molecule has 3 aromatic rings. The number of sulfone groups is 1. The van der Waals surface area contributed by atoms with Crippen molar-refractivity contribution in [2.24, 2.45) is 0 Å². The molecule has 2 unspecified atom stereocenters. The topological polar surface area (TPSA) is 34.1 Å². The highest BCUT2D eigenvalue weighted by Gasteiger charge is 2.43. The quantitative estimate of drug-likeness (QED) is 0.620. The lowest BCUT2D eigenvalue weighted by Crippen LogP contribution is -2.29. The van der Waals surface area contributed by atoms with Crippen LogP contribution in [0.3, 0.4) is 0 Å². The normalized spacial score (nSPS) is 24.8. The lowest BCUT2D eigenvalue weighted by Gasteiger charge is -2.35. The van der Waals surface area contributed by atoms with E-state index in [1.165, 1.54) is 5.56 Å². The van der Waals surface area contributed by atoms with Crippen LogP contribution in [0.4, 0.5) is 0 Å². The lowest BCUT2D eigenvalue weighted by molar-refractivity contribution is 0.474. The van der Waals surface area contributed by atoms with E-state index in [4.69, 9.17) is 0 Å². The molecular formula is C23H22O2S. The third-order valence-electron chi connectivity index (χ3n) is 5.40. The molecule has 0 saturated carbocycles. The Bertz CT molecular complexity index is 895. The van der Waals surface area contributed by atoms with Crippen LogP contribution in [0.15, 0.2) is 91.0 Å². The van der Waals surface area contributed by atoms with Crippen LogP contribution in [0.25, 0.3) is 0 Å². The number of hydrogen-bond donors (Lipinski definition) is 0. The summed E-state index contributed by atoms with van der Waals surface area (Å²) in [4.78, 5) is 0. The average Bonchev–Trinajstić information content (AvgIpc) is 2.69. The fourth-order valence-corrected chi connectivity index (χ4v) is 6.53. The molecular weight excluding hydrogens is 340 g/mol. The number of hydrogen-bond acceptors (Lipinski definition) is 2. The molecule has 3 heteroatoms. The summed E-state index contributed by atoms with van der Waals surface area (Å²) in [6.45, 7) is 0. The Morgan fingerprint density at radius 2 is 0.885 bits per heavy atom. The van der Waals surface area contributed by atoms with Gasteiger partial charge in [0.25, 0.3) is 0 Å². The Morgan fingerprint density at radius 1 is 0.538 bits per heavy atom. The van der Waals surface area contributed by atoms with Crippen LogP contribution in [0.2, 0.25) is 0 Å². The number of benzene rings is 3. The molecule has 1 heterocycles. The van der Waals surface area contributed by atoms with Gasteiger partial charge in [-0.2, -0.15) is 0 Å². The summed E-state index contributed by atoms with van der Waals surface area (Å²) in [5.74, 6) is 0.232. The van der Waals surface area contributed by atoms with Gasteiger partial charge in [0.05, 0.1) is 10.5 Å². The Hall–Kier alpha value is -2.39. The first-order chi connectivity index (χ1) is 12.7. The van der Waals surface area contributed by atoms with Crippen molar-refractivity contribution in [3.63, 3.8) is 0 Å². The van der Waals surface area contributed by atoms with Crippen molar-refractivity contribution >= 4 is 9.84 Å². The zero-order valence-corrected chi connectivity index (χ0v) is 15.3. The minimum absolute atomic E-state index is 0.232. The molecule has 0 aliphatic carbocycles. The summed E-state index contributed by atoms with van der Waals surface area (Å²) >= 11 is 0. The van der Waals surface area contributed by atoms with Gasteiger partial charge in [-0.3, -0.25) is 0 Å². The van der Waals surface area contributed by atoms with Gasteiger partial charge < -0.3 is 0 Å². The highest BCUT2D eigenvalue weighted by molar-refractivity contribution is 7.92. The summed E-state index contributed by atoms with van der Waals surface area (Å²) < 4.78 is 27.0. The maximum atomic E-state index is 13.5. The highest BCUT2D eigenvalue weighted by atomic mass is 32.2. The minimum atomic E-state index is -3.31. The molecule has 0 radical (unpaired) electrons. The second-order valence-electron chi connectivity index (χ2n) is 6.97. The molecule has 26 heavy (non-hydrogen) atoms. The van der Waals surface area contributed by atoms with Gasteiger partial charge in [-0.15, -0.1) is 0 Å². The van der Waals surface area contributed by atoms with Gasteiger partial charge >= 0.3 is 0 Å². The number of rotatable bonds is 3. The van der Waals surface area contributed by atoms with Gasteiger partial charge in [-0.25, -0.2) is 8.42 Å². The molecule has 0 spiro atoms. The van der Waals surface area contributed by atoms with Gasteiger partial charge in [0.1, 0.15) is 0 Å². The van der Waals surface area contributed by atoms with E-state index in [1.54, 1.807) is 0 Å². The van der Waals surface area contributed by atoms with Gasteiger partial charge in [0.15, 0.2) is 9.84 Å². The van der Waals surface area contributed by atoms with Crippen LogP contribution in [0.5, 0.6) is 0 Å². The van der Waals surface area contributed by atoms with Crippen molar-refractivity contribution < 1.29 is 8.42 Å². The predicted molar refractivity (Wildman–Crippen MR) is 106 cm³/mol. The van der Waals surface area contributed by atoms with E-state index in [0.29, 0.717) is 12.8 Å². The van der Waals surface area contributed by atoms with Crippen LogP contribution in [0, 0.1) is 0 Å². The standard InChI is InChI=1S/C23H22O2S/c24-26(25)22(19-12-6-2-7-13-19)16-21(18-10-4-1-5-11-18)17-23(26)20-14-8-3-9-15-20/h1-15,21-23H,16-17H2. The van der Waals surface area contributed by atoms with Crippen LogP contribution >= 0.6 is 0 Å². The monoisotopic (exact) mass is 362 g/mol. The molecule has 1 aliphatic heterocycles. The SMILES string of the molecule is O=S1(=O)C(c2ccccc2)CC(c2ccccc2)CC1c1ccccc1. The smallest absolute Gasteiger partial charge is 0.164 e. The molecule has 0 amide bonds. The van der Waals surface area contributed by atoms with Crippen molar-refractivity contribution in [3.8, 4) is 0 Å². The second kappa shape index (κ2) is 7.08. The Balaban J connectivity index is 1.80. The molecule has 1 fully saturated rings. The Labute approximate surface area is 155 Å². The fraction of sp³-hybridized carbons (Fsp3) is 0.217. The van der Waals surface area contributed by atoms with Gasteiger partial charge in [-0.05, 0) is 35.4 Å². The zero-order chi connectivity index (χ0) is 18.0. The Morgan fingerprint density at radius 3 is 1.27 bits per heavy atom. The summed E-state index contributed by atoms with van der Waals surface area (Å²) in [6.07, 6.45) is 1.28. The van der Waals surface area contributed by atoms with Crippen LogP contribution < -0.4 is 0 Å². The largest absolute Gasteiger partial charge is 0.228 e. The molecule has 4 rings (SSSR count). The maximum absolute atomic E-state index is 13.5. The molecule has 0 bridgehead atoms. The van der Waals surface area contributed by atoms with Crippen molar-refractivity contribution in [1.82, 2.24) is 0 Å². The Kier molecular flexibility index (Phi) is 4.64. The van der Waals surface area contributed by atoms with E-state index in [2.05, 4.69) is 12.1 Å². The summed E-state index contributed by atoms with van der Waals surface area (Å²) in [7, 11) is -3.31. The summed E-state index contributed by atoms with van der Waals surface area (Å²) in [6, 6.07) is 29.6. The van der Waals surface area contributed by atoms with E-state index in [-0.39, 0.29) is 5.92 Å². The van der Waals surface area contributed by atoms with E-state index < -0.39 is 20.3 Å². The third kappa shape index (κ3) is 3.19. The minimum Gasteiger partial charge on any atom is -0.228 e. The zero-order valence-electron chi connectivity index (χ0n) is 14.5. The third-order valence-corrected chi connectivity index (χ3v) is 7.92. The lowest BCUT2D eigenvalue weighted by atomic mass is 9.86. The first kappa shape index (κ1) is 17.0. The van der Waals surface area contributed by atoms with Crippen molar-refractivity contribution in [2.75, 3.05) is 0 Å². The molecule has 2 nitrogen and oxygen atoms in total. The van der Waals surface area contributed by atoms with Crippen molar-refractivity contribution in [2.45, 2.75) is 29.3 Å². The van der Waals surface area contributed by atoms with Crippen LogP contribution in [-0.4, -0.2) is 8.42 Å². The van der Waals surface area contributed by atoms with Gasteiger partial charge in [0.2, 0.25) is 0 Å². The average molecular weight is 362 g/mol. The molecule has 3 aromatic carbocycles.